The van der Waals surface area contributed by atoms with Crippen molar-refractivity contribution in [2.24, 2.45) is 5.16 Å². The molecule has 2 heterocycles. The molecule has 176 valence electrons. The molecule has 2 aromatic rings. The second-order valence-electron chi connectivity index (χ2n) is 8.18. The summed E-state index contributed by atoms with van der Waals surface area (Å²) in [6.07, 6.45) is 1.11. The summed E-state index contributed by atoms with van der Waals surface area (Å²) in [6.45, 7) is -0.751. The molecule has 5 atom stereocenters. The van der Waals surface area contributed by atoms with E-state index in [4.69, 9.17) is 21.1 Å². The van der Waals surface area contributed by atoms with Gasteiger partial charge in [-0.25, -0.2) is 0 Å². The lowest BCUT2D eigenvalue weighted by molar-refractivity contribution is -0.329. The third kappa shape index (κ3) is 4.31. The number of hydrogen-bond donors (Lipinski definition) is 4. The molecule has 0 aromatic heterocycles. The van der Waals surface area contributed by atoms with Crippen molar-refractivity contribution in [3.05, 3.63) is 75.8 Å². The quantitative estimate of drug-likeness (QED) is 0.354. The van der Waals surface area contributed by atoms with Gasteiger partial charge in [0.15, 0.2) is 0 Å². The van der Waals surface area contributed by atoms with Crippen molar-refractivity contribution >= 4 is 23.9 Å². The lowest BCUT2D eigenvalue weighted by Gasteiger charge is -2.46. The first kappa shape index (κ1) is 23.8. The average Bonchev–Trinajstić information content (AvgIpc) is 3.22. The number of aliphatic hydroxyl groups is 4. The summed E-state index contributed by atoms with van der Waals surface area (Å²) in [6, 6.07) is 12.9. The zero-order valence-electron chi connectivity index (χ0n) is 18.0. The Morgan fingerprint density at radius 3 is 2.61 bits per heavy atom. The highest BCUT2D eigenvalue weighted by molar-refractivity contribution is 6.31. The van der Waals surface area contributed by atoms with Crippen molar-refractivity contribution in [3.8, 4) is 0 Å². The van der Waals surface area contributed by atoms with Crippen LogP contribution in [0.3, 0.4) is 0 Å². The smallest absolute Gasteiger partial charge is 0.225 e. The number of hydrogen-bond acceptors (Lipinski definition) is 8. The molecule has 4 N–H and O–H groups in total. The van der Waals surface area contributed by atoms with E-state index in [2.05, 4.69) is 9.99 Å². The third-order valence-electron chi connectivity index (χ3n) is 6.09. The number of benzene rings is 2. The van der Waals surface area contributed by atoms with Gasteiger partial charge >= 0.3 is 0 Å². The number of oxime groups is 1. The monoisotopic (exact) mass is 475 g/mol. The molecule has 0 amide bonds. The number of aliphatic hydroxyl groups excluding tert-OH is 4. The van der Waals surface area contributed by atoms with Crippen molar-refractivity contribution in [3.63, 3.8) is 0 Å². The van der Waals surface area contributed by atoms with Crippen LogP contribution in [0, 0.1) is 0 Å². The summed E-state index contributed by atoms with van der Waals surface area (Å²) in [5.74, 6) is -1.72. The molecule has 2 aliphatic rings. The molecule has 2 aromatic carbocycles. The van der Waals surface area contributed by atoms with Crippen LogP contribution in [-0.4, -0.2) is 70.9 Å². The summed E-state index contributed by atoms with van der Waals surface area (Å²) in [5.41, 5.74) is 1.68. The lowest BCUT2D eigenvalue weighted by Crippen LogP contribution is -2.65. The maximum absolute atomic E-state index is 10.7. The minimum atomic E-state index is -1.72. The number of ether oxygens (including phenoxy) is 2. The van der Waals surface area contributed by atoms with Crippen LogP contribution in [0.4, 0.5) is 0 Å². The molecule has 0 unspecified atom stereocenters. The second kappa shape index (κ2) is 9.52. The van der Waals surface area contributed by atoms with Gasteiger partial charge in [-0.3, -0.25) is 0 Å². The van der Waals surface area contributed by atoms with Crippen LogP contribution in [0.1, 0.15) is 22.3 Å². The Labute approximate surface area is 196 Å². The highest BCUT2D eigenvalue weighted by Gasteiger charge is 2.67. The third-order valence-corrected chi connectivity index (χ3v) is 6.46. The van der Waals surface area contributed by atoms with Crippen LogP contribution in [-0.2, 0) is 26.5 Å². The van der Waals surface area contributed by atoms with E-state index in [-0.39, 0.29) is 6.61 Å². The van der Waals surface area contributed by atoms with Crippen LogP contribution < -0.4 is 0 Å². The molecule has 0 radical (unpaired) electrons. The van der Waals surface area contributed by atoms with Gasteiger partial charge in [0.05, 0.1) is 19.4 Å². The summed E-state index contributed by atoms with van der Waals surface area (Å²) < 4.78 is 11.7. The van der Waals surface area contributed by atoms with Crippen LogP contribution in [0.15, 0.2) is 53.7 Å². The molecule has 2 aliphatic heterocycles. The van der Waals surface area contributed by atoms with Gasteiger partial charge in [0.2, 0.25) is 5.79 Å². The predicted molar refractivity (Wildman–Crippen MR) is 122 cm³/mol. The van der Waals surface area contributed by atoms with Gasteiger partial charge in [-0.05, 0) is 41.3 Å². The van der Waals surface area contributed by atoms with E-state index in [9.17, 15) is 20.4 Å². The van der Waals surface area contributed by atoms with E-state index in [1.165, 1.54) is 7.11 Å². The number of halogens is 1. The molecule has 2 saturated heterocycles. The van der Waals surface area contributed by atoms with E-state index in [1.54, 1.807) is 30.5 Å². The number of nitrogens with zero attached hydrogens (tertiary/aromatic N) is 1. The second-order valence-corrected chi connectivity index (χ2v) is 8.59. The molecule has 8 nitrogen and oxygen atoms in total. The summed E-state index contributed by atoms with van der Waals surface area (Å²) in [5, 5.41) is 45.4. The molecule has 2 fully saturated rings. The van der Waals surface area contributed by atoms with Crippen LogP contribution in [0.5, 0.6) is 0 Å². The zero-order valence-corrected chi connectivity index (χ0v) is 18.7. The zero-order chi connectivity index (χ0) is 23.6. The summed E-state index contributed by atoms with van der Waals surface area (Å²) in [7, 11) is 1.48. The number of allylic oxidation sites excluding steroid dienone is 1. The van der Waals surface area contributed by atoms with E-state index in [0.717, 1.165) is 16.7 Å². The van der Waals surface area contributed by atoms with Gasteiger partial charge in [-0.15, -0.1) is 0 Å². The van der Waals surface area contributed by atoms with E-state index >= 15 is 0 Å². The van der Waals surface area contributed by atoms with Crippen molar-refractivity contribution in [2.75, 3.05) is 20.3 Å². The van der Waals surface area contributed by atoms with Crippen molar-refractivity contribution < 1.29 is 34.7 Å². The molecule has 33 heavy (non-hydrogen) atoms. The Bertz CT molecular complexity index is 1040. The Hall–Kier alpha value is -2.30. The Morgan fingerprint density at radius 2 is 1.91 bits per heavy atom. The van der Waals surface area contributed by atoms with Gasteiger partial charge in [-0.1, -0.05) is 53.2 Å². The molecule has 0 aliphatic carbocycles. The fourth-order valence-corrected chi connectivity index (χ4v) is 4.40. The Kier molecular flexibility index (Phi) is 6.88. The van der Waals surface area contributed by atoms with E-state index in [0.29, 0.717) is 17.0 Å². The van der Waals surface area contributed by atoms with Crippen molar-refractivity contribution in [1.82, 2.24) is 0 Å². The first-order valence-corrected chi connectivity index (χ1v) is 10.8. The molecule has 0 saturated carbocycles. The van der Waals surface area contributed by atoms with E-state index in [1.807, 2.05) is 30.3 Å². The largest absolute Gasteiger partial charge is 0.399 e. The van der Waals surface area contributed by atoms with Gasteiger partial charge in [-0.2, -0.15) is 0 Å². The molecular weight excluding hydrogens is 450 g/mol. The van der Waals surface area contributed by atoms with Gasteiger partial charge < -0.3 is 34.7 Å². The fraction of sp³-hybridized carbons (Fsp3) is 0.375. The van der Waals surface area contributed by atoms with Gasteiger partial charge in [0.1, 0.15) is 31.0 Å². The van der Waals surface area contributed by atoms with Crippen LogP contribution in [0.2, 0.25) is 5.02 Å². The van der Waals surface area contributed by atoms with E-state index < -0.39 is 36.3 Å². The van der Waals surface area contributed by atoms with Crippen molar-refractivity contribution in [2.45, 2.75) is 36.1 Å². The maximum Gasteiger partial charge on any atom is 0.225 e. The first-order chi connectivity index (χ1) is 15.8. The standard InChI is InChI=1S/C24H26ClNO7/c1-31-26-10-2-3-15-4-6-16(7-5-15)11-17-12-18(8-9-19(17)25)24-22(30)20(28)21(29)23(13-27,33-24)14-32-24/h2-10,12,20-22,27-30H,11,13-14H2,1H3/b3-2+,26-10?/t20-,21-,22+,23-,24-/m0/s1. The molecule has 4 rings (SSSR count). The Balaban J connectivity index is 1.59. The van der Waals surface area contributed by atoms with Crippen LogP contribution >= 0.6 is 11.6 Å². The highest BCUT2D eigenvalue weighted by atomic mass is 35.5. The maximum atomic E-state index is 10.7. The molecule has 9 heteroatoms. The Morgan fingerprint density at radius 1 is 1.15 bits per heavy atom. The average molecular weight is 476 g/mol. The predicted octanol–water partition coefficient (Wildman–Crippen LogP) is 1.60. The number of fused-ring (bicyclic) bond motifs is 2. The molecule has 0 spiro atoms. The minimum absolute atomic E-state index is 0.180. The first-order valence-electron chi connectivity index (χ1n) is 10.5. The normalized spacial score (nSPS) is 31.5. The summed E-state index contributed by atoms with van der Waals surface area (Å²) >= 11 is 6.45. The summed E-state index contributed by atoms with van der Waals surface area (Å²) in [4.78, 5) is 4.61. The highest BCUT2D eigenvalue weighted by Crippen LogP contribution is 2.49. The van der Waals surface area contributed by atoms with Crippen molar-refractivity contribution in [1.29, 1.82) is 0 Å². The van der Waals surface area contributed by atoms with Gasteiger partial charge in [0, 0.05) is 10.6 Å². The SMILES string of the molecule is CON=C/C=C/c1ccc(Cc2cc([C@]34OC[C@](CO)(O3)[C@@H](O)[C@H](O)[C@H]4O)ccc2Cl)cc1. The minimum Gasteiger partial charge on any atom is -0.399 e. The molecular formula is C24H26ClNO7. The lowest BCUT2D eigenvalue weighted by atomic mass is 9.83. The van der Waals surface area contributed by atoms with Crippen LogP contribution in [0.25, 0.3) is 6.08 Å². The van der Waals surface area contributed by atoms with Gasteiger partial charge in [0.25, 0.3) is 0 Å². The fourth-order valence-electron chi connectivity index (χ4n) is 4.22. The topological polar surface area (TPSA) is 121 Å². The number of rotatable bonds is 7. The molecule has 2 bridgehead atoms.